The molecule has 1 unspecified atom stereocenters. The summed E-state index contributed by atoms with van der Waals surface area (Å²) in [6.45, 7) is 1.88. The molecule has 0 saturated carbocycles. The Morgan fingerprint density at radius 1 is 1.11 bits per heavy atom. The van der Waals surface area contributed by atoms with Gasteiger partial charge in [0.25, 0.3) is 5.56 Å². The van der Waals surface area contributed by atoms with Crippen LogP contribution in [0.15, 0.2) is 52.9 Å². The first-order chi connectivity index (χ1) is 17.5. The first-order valence-electron chi connectivity index (χ1n) is 12.2. The second kappa shape index (κ2) is 10.1. The number of anilines is 1. The van der Waals surface area contributed by atoms with Gasteiger partial charge in [-0.25, -0.2) is 4.98 Å². The van der Waals surface area contributed by atoms with E-state index in [4.69, 9.17) is 9.47 Å². The summed E-state index contributed by atoms with van der Waals surface area (Å²) in [6.07, 6.45) is 6.50. The lowest BCUT2D eigenvalue weighted by atomic mass is 9.89. The third-order valence-electron chi connectivity index (χ3n) is 6.87. The molecule has 1 amide bonds. The molecule has 2 aromatic heterocycles. The number of benzene rings is 2. The van der Waals surface area contributed by atoms with Crippen molar-refractivity contribution in [2.75, 3.05) is 19.5 Å². The monoisotopic (exact) mass is 503 g/mol. The van der Waals surface area contributed by atoms with E-state index < -0.39 is 6.04 Å². The van der Waals surface area contributed by atoms with E-state index in [0.29, 0.717) is 33.8 Å². The van der Waals surface area contributed by atoms with Crippen LogP contribution in [-0.2, 0) is 17.6 Å². The van der Waals surface area contributed by atoms with Gasteiger partial charge in [0.1, 0.15) is 22.4 Å². The summed E-state index contributed by atoms with van der Waals surface area (Å²) < 4.78 is 12.1. The fraction of sp³-hybridized carbons (Fsp3) is 0.321. The summed E-state index contributed by atoms with van der Waals surface area (Å²) in [4.78, 5) is 32.3. The highest BCUT2D eigenvalue weighted by molar-refractivity contribution is 7.17. The normalized spacial score (nSPS) is 13.8. The summed E-state index contributed by atoms with van der Waals surface area (Å²) in [6, 6.07) is 10.9. The molecule has 1 N–H and O–H groups in total. The van der Waals surface area contributed by atoms with Crippen LogP contribution in [0.5, 0.6) is 11.5 Å². The first-order valence-corrected chi connectivity index (χ1v) is 13.1. The summed E-state index contributed by atoms with van der Waals surface area (Å²) in [7, 11) is 3.10. The Bertz CT molecular complexity index is 1490. The molecule has 1 aliphatic rings. The van der Waals surface area contributed by atoms with E-state index in [0.717, 1.165) is 24.0 Å². The van der Waals surface area contributed by atoms with E-state index in [-0.39, 0.29) is 11.5 Å². The molecule has 0 bridgehead atoms. The Balaban J connectivity index is 1.52. The highest BCUT2D eigenvalue weighted by Gasteiger charge is 2.24. The van der Waals surface area contributed by atoms with Gasteiger partial charge in [0, 0.05) is 17.0 Å². The molecule has 0 saturated heterocycles. The molecule has 0 fully saturated rings. The number of hydrogen-bond acceptors (Lipinski definition) is 6. The minimum absolute atomic E-state index is 0.214. The lowest BCUT2D eigenvalue weighted by Crippen LogP contribution is -2.33. The van der Waals surface area contributed by atoms with Gasteiger partial charge >= 0.3 is 0 Å². The number of carbonyl (C=O) groups excluding carboxylic acids is 1. The highest BCUT2D eigenvalue weighted by Crippen LogP contribution is 2.34. The maximum atomic E-state index is 13.8. The van der Waals surface area contributed by atoms with E-state index in [1.165, 1.54) is 53.3 Å². The zero-order chi connectivity index (χ0) is 25.2. The number of nitrogens with one attached hydrogen (secondary N) is 1. The number of nitrogens with zero attached hydrogens (tertiary/aromatic N) is 2. The average molecular weight is 504 g/mol. The van der Waals surface area contributed by atoms with Crippen LogP contribution < -0.4 is 20.3 Å². The molecule has 0 spiro atoms. The standard InChI is InChI=1S/C28H29N3O4S/c1-4-23(26(32)30-22-14-20(34-2)11-12-24(22)35-3)31-16-29-27-25(28(31)33)21(15-36-27)19-10-9-17-7-5-6-8-18(17)13-19/h9-16,23H,4-8H2,1-3H3,(H,30,32). The van der Waals surface area contributed by atoms with E-state index in [9.17, 15) is 9.59 Å². The molecule has 36 heavy (non-hydrogen) atoms. The number of aromatic nitrogens is 2. The van der Waals surface area contributed by atoms with Gasteiger partial charge in [-0.15, -0.1) is 11.3 Å². The van der Waals surface area contributed by atoms with Crippen molar-refractivity contribution >= 4 is 33.1 Å². The van der Waals surface area contributed by atoms with Crippen molar-refractivity contribution in [3.05, 3.63) is 69.6 Å². The minimum Gasteiger partial charge on any atom is -0.497 e. The van der Waals surface area contributed by atoms with Gasteiger partial charge < -0.3 is 14.8 Å². The number of carbonyl (C=O) groups is 1. The summed E-state index contributed by atoms with van der Waals surface area (Å²) >= 11 is 1.45. The van der Waals surface area contributed by atoms with Crippen LogP contribution in [-0.4, -0.2) is 29.7 Å². The van der Waals surface area contributed by atoms with Crippen molar-refractivity contribution in [1.82, 2.24) is 9.55 Å². The largest absolute Gasteiger partial charge is 0.497 e. The Labute approximate surface area is 213 Å². The molecule has 1 atom stereocenters. The van der Waals surface area contributed by atoms with Crippen molar-refractivity contribution in [1.29, 1.82) is 0 Å². The van der Waals surface area contributed by atoms with E-state index in [1.54, 1.807) is 25.3 Å². The van der Waals surface area contributed by atoms with Crippen LogP contribution in [0.25, 0.3) is 21.3 Å². The fourth-order valence-corrected chi connectivity index (χ4v) is 5.82. The van der Waals surface area contributed by atoms with E-state index in [1.807, 2.05) is 12.3 Å². The molecule has 7 nitrogen and oxygen atoms in total. The SMILES string of the molecule is CCC(C(=O)Nc1cc(OC)ccc1OC)n1cnc2scc(-c3ccc4c(c3)CCCC4)c2c1=O. The smallest absolute Gasteiger partial charge is 0.263 e. The fourth-order valence-electron chi connectivity index (χ4n) is 4.92. The average Bonchev–Trinajstić information content (AvgIpc) is 3.35. The van der Waals surface area contributed by atoms with Crippen LogP contribution in [0.1, 0.15) is 43.4 Å². The van der Waals surface area contributed by atoms with Crippen LogP contribution in [0.4, 0.5) is 5.69 Å². The molecular formula is C28H29N3O4S. The molecule has 5 rings (SSSR count). The molecule has 1 aliphatic carbocycles. The Morgan fingerprint density at radius 2 is 1.92 bits per heavy atom. The topological polar surface area (TPSA) is 82.4 Å². The second-order valence-corrected chi connectivity index (χ2v) is 9.81. The van der Waals surface area contributed by atoms with Gasteiger partial charge in [-0.05, 0) is 60.9 Å². The number of amides is 1. The highest BCUT2D eigenvalue weighted by atomic mass is 32.1. The lowest BCUT2D eigenvalue weighted by Gasteiger charge is -2.19. The number of hydrogen-bond donors (Lipinski definition) is 1. The van der Waals surface area contributed by atoms with Crippen molar-refractivity contribution in [3.8, 4) is 22.6 Å². The zero-order valence-electron chi connectivity index (χ0n) is 20.7. The molecule has 0 aliphatic heterocycles. The summed E-state index contributed by atoms with van der Waals surface area (Å²) in [5.41, 5.74) is 4.93. The molecule has 0 radical (unpaired) electrons. The van der Waals surface area contributed by atoms with Crippen LogP contribution in [0, 0.1) is 0 Å². The molecule has 2 aromatic carbocycles. The van der Waals surface area contributed by atoms with Gasteiger partial charge in [0.15, 0.2) is 0 Å². The van der Waals surface area contributed by atoms with E-state index >= 15 is 0 Å². The number of ether oxygens (including phenoxy) is 2. The van der Waals surface area contributed by atoms with Gasteiger partial charge in [0.05, 0.1) is 31.6 Å². The molecule has 186 valence electrons. The number of methoxy groups -OCH3 is 2. The Kier molecular flexibility index (Phi) is 6.78. The van der Waals surface area contributed by atoms with Crippen molar-refractivity contribution in [2.45, 2.75) is 45.1 Å². The maximum Gasteiger partial charge on any atom is 0.263 e. The van der Waals surface area contributed by atoms with Crippen molar-refractivity contribution in [3.63, 3.8) is 0 Å². The number of thiophene rings is 1. The van der Waals surface area contributed by atoms with Gasteiger partial charge in [-0.1, -0.05) is 25.1 Å². The Hall–Kier alpha value is -3.65. The van der Waals surface area contributed by atoms with Gasteiger partial charge in [0.2, 0.25) is 5.91 Å². The number of fused-ring (bicyclic) bond motifs is 2. The lowest BCUT2D eigenvalue weighted by molar-refractivity contribution is -0.119. The minimum atomic E-state index is -0.735. The maximum absolute atomic E-state index is 13.8. The number of rotatable bonds is 7. The predicted molar refractivity (Wildman–Crippen MR) is 143 cm³/mol. The summed E-state index contributed by atoms with van der Waals surface area (Å²) in [5.74, 6) is 0.776. The van der Waals surface area contributed by atoms with E-state index in [2.05, 4.69) is 28.5 Å². The van der Waals surface area contributed by atoms with Crippen molar-refractivity contribution < 1.29 is 14.3 Å². The third kappa shape index (κ3) is 4.37. The Morgan fingerprint density at radius 3 is 2.67 bits per heavy atom. The quantitative estimate of drug-likeness (QED) is 0.354. The zero-order valence-corrected chi connectivity index (χ0v) is 21.5. The predicted octanol–water partition coefficient (Wildman–Crippen LogP) is 5.61. The van der Waals surface area contributed by atoms with Gasteiger partial charge in [-0.2, -0.15) is 0 Å². The third-order valence-corrected chi connectivity index (χ3v) is 7.75. The second-order valence-electron chi connectivity index (χ2n) is 8.96. The van der Waals surface area contributed by atoms with Crippen LogP contribution in [0.2, 0.25) is 0 Å². The molecule has 8 heteroatoms. The first kappa shape index (κ1) is 24.1. The van der Waals surface area contributed by atoms with Crippen LogP contribution in [0.3, 0.4) is 0 Å². The number of aryl methyl sites for hydroxylation is 2. The van der Waals surface area contributed by atoms with Gasteiger partial charge in [-0.3, -0.25) is 14.2 Å². The molecule has 4 aromatic rings. The summed E-state index contributed by atoms with van der Waals surface area (Å²) in [5, 5.41) is 5.46. The van der Waals surface area contributed by atoms with Crippen molar-refractivity contribution in [2.24, 2.45) is 0 Å². The molecular weight excluding hydrogens is 474 g/mol. The van der Waals surface area contributed by atoms with Crippen LogP contribution >= 0.6 is 11.3 Å². The molecule has 2 heterocycles.